The smallest absolute Gasteiger partial charge is 0.259 e. The number of piperidine rings is 1. The van der Waals surface area contributed by atoms with Crippen LogP contribution in [0.25, 0.3) is 10.2 Å². The number of nitrogens with zero attached hydrogens (tertiary/aromatic N) is 2. The van der Waals surface area contributed by atoms with E-state index in [1.54, 1.807) is 11.3 Å². The van der Waals surface area contributed by atoms with Crippen molar-refractivity contribution in [3.63, 3.8) is 0 Å². The third kappa shape index (κ3) is 3.67. The van der Waals surface area contributed by atoms with E-state index in [0.717, 1.165) is 47.1 Å². The Hall–Kier alpha value is -1.34. The first-order chi connectivity index (χ1) is 11.5. The molecule has 1 fully saturated rings. The van der Waals surface area contributed by atoms with Crippen molar-refractivity contribution < 1.29 is 4.79 Å². The molecule has 0 saturated carbocycles. The summed E-state index contributed by atoms with van der Waals surface area (Å²) in [5.74, 6) is 2.56. The zero-order valence-corrected chi connectivity index (χ0v) is 16.0. The molecule has 3 rings (SSSR count). The number of rotatable bonds is 4. The molecule has 1 amide bonds. The lowest BCUT2D eigenvalue weighted by Crippen LogP contribution is -2.38. The van der Waals surface area contributed by atoms with Crippen molar-refractivity contribution in [1.29, 1.82) is 0 Å². The molecular formula is C17H23N3O2S2. The van der Waals surface area contributed by atoms with Crippen molar-refractivity contribution in [2.45, 2.75) is 39.4 Å². The molecule has 0 aromatic carbocycles. The Morgan fingerprint density at radius 3 is 2.79 bits per heavy atom. The fourth-order valence-corrected chi connectivity index (χ4v) is 4.79. The van der Waals surface area contributed by atoms with Crippen molar-refractivity contribution in [2.75, 3.05) is 18.8 Å². The Morgan fingerprint density at radius 2 is 2.08 bits per heavy atom. The average molecular weight is 366 g/mol. The van der Waals surface area contributed by atoms with Crippen LogP contribution < -0.4 is 5.56 Å². The zero-order chi connectivity index (χ0) is 17.3. The molecule has 1 aliphatic rings. The van der Waals surface area contributed by atoms with E-state index in [1.807, 2.05) is 18.7 Å². The number of H-pyrrole nitrogens is 1. The van der Waals surface area contributed by atoms with Crippen molar-refractivity contribution in [3.05, 3.63) is 26.6 Å². The number of thiophene rings is 1. The molecule has 24 heavy (non-hydrogen) atoms. The van der Waals surface area contributed by atoms with Crippen molar-refractivity contribution >= 4 is 39.2 Å². The molecule has 1 aliphatic heterocycles. The minimum absolute atomic E-state index is 0.0752. The number of hydrogen-bond donors (Lipinski definition) is 1. The number of nitrogens with one attached hydrogen (secondary N) is 1. The fourth-order valence-electron chi connectivity index (χ4n) is 2.95. The summed E-state index contributed by atoms with van der Waals surface area (Å²) in [7, 11) is 0. The minimum atomic E-state index is -0.0752. The van der Waals surface area contributed by atoms with E-state index in [9.17, 15) is 9.59 Å². The minimum Gasteiger partial charge on any atom is -0.342 e. The molecule has 0 bridgehead atoms. The number of aromatic nitrogens is 2. The molecule has 1 N–H and O–H groups in total. The van der Waals surface area contributed by atoms with E-state index in [4.69, 9.17) is 0 Å². The quantitative estimate of drug-likeness (QED) is 0.904. The zero-order valence-electron chi connectivity index (χ0n) is 14.3. The number of aryl methyl sites for hydroxylation is 2. The third-order valence-electron chi connectivity index (χ3n) is 4.69. The maximum absolute atomic E-state index is 12.2. The normalized spacial score (nSPS) is 16.0. The number of aromatic amines is 1. The van der Waals surface area contributed by atoms with E-state index in [2.05, 4.69) is 16.9 Å². The van der Waals surface area contributed by atoms with Gasteiger partial charge in [0.05, 0.1) is 16.9 Å². The summed E-state index contributed by atoms with van der Waals surface area (Å²) in [6.07, 6.45) is 2.19. The van der Waals surface area contributed by atoms with Crippen LogP contribution in [0.2, 0.25) is 0 Å². The summed E-state index contributed by atoms with van der Waals surface area (Å²) in [6.45, 7) is 7.94. The van der Waals surface area contributed by atoms with Crippen LogP contribution in [-0.2, 0) is 10.5 Å². The summed E-state index contributed by atoms with van der Waals surface area (Å²) in [5.41, 5.74) is 0.936. The highest BCUT2D eigenvalue weighted by Gasteiger charge is 2.20. The van der Waals surface area contributed by atoms with Crippen molar-refractivity contribution in [1.82, 2.24) is 14.9 Å². The molecule has 2 aromatic rings. The number of hydrogen-bond acceptors (Lipinski definition) is 5. The molecule has 0 atom stereocenters. The first-order valence-corrected chi connectivity index (χ1v) is 10.3. The van der Waals surface area contributed by atoms with Gasteiger partial charge in [-0.25, -0.2) is 4.98 Å². The lowest BCUT2D eigenvalue weighted by molar-refractivity contribution is -0.129. The summed E-state index contributed by atoms with van der Waals surface area (Å²) >= 11 is 3.07. The van der Waals surface area contributed by atoms with Crippen LogP contribution in [0, 0.1) is 19.8 Å². The third-order valence-corrected chi connectivity index (χ3v) is 6.72. The van der Waals surface area contributed by atoms with Gasteiger partial charge in [-0.05, 0) is 38.2 Å². The SMILES string of the molecule is Cc1sc2nc(CSCC(=O)N3CCC(C)CC3)[nH]c(=O)c2c1C. The van der Waals surface area contributed by atoms with E-state index < -0.39 is 0 Å². The fraction of sp³-hybridized carbons (Fsp3) is 0.588. The number of carbonyl (C=O) groups is 1. The van der Waals surface area contributed by atoms with Gasteiger partial charge in [-0.15, -0.1) is 23.1 Å². The average Bonchev–Trinajstić information content (AvgIpc) is 2.83. The summed E-state index contributed by atoms with van der Waals surface area (Å²) in [4.78, 5) is 35.8. The molecule has 0 radical (unpaired) electrons. The van der Waals surface area contributed by atoms with Gasteiger partial charge < -0.3 is 9.88 Å². The molecule has 0 spiro atoms. The van der Waals surface area contributed by atoms with E-state index in [0.29, 0.717) is 22.7 Å². The Morgan fingerprint density at radius 1 is 1.38 bits per heavy atom. The van der Waals surface area contributed by atoms with Crippen LogP contribution in [-0.4, -0.2) is 39.6 Å². The lowest BCUT2D eigenvalue weighted by Gasteiger charge is -2.30. The first-order valence-electron chi connectivity index (χ1n) is 8.30. The van der Waals surface area contributed by atoms with E-state index in [-0.39, 0.29) is 11.5 Å². The molecule has 3 heterocycles. The first kappa shape index (κ1) is 17.5. The highest BCUT2D eigenvalue weighted by molar-refractivity contribution is 7.99. The van der Waals surface area contributed by atoms with Crippen LogP contribution in [0.4, 0.5) is 0 Å². The number of carbonyl (C=O) groups excluding carboxylic acids is 1. The summed E-state index contributed by atoms with van der Waals surface area (Å²) < 4.78 is 0. The van der Waals surface area contributed by atoms with E-state index >= 15 is 0 Å². The molecular weight excluding hydrogens is 342 g/mol. The van der Waals surface area contributed by atoms with Gasteiger partial charge in [0.15, 0.2) is 0 Å². The van der Waals surface area contributed by atoms with Gasteiger partial charge >= 0.3 is 0 Å². The highest BCUT2D eigenvalue weighted by Crippen LogP contribution is 2.26. The molecule has 7 heteroatoms. The second kappa shape index (κ2) is 7.27. The summed E-state index contributed by atoms with van der Waals surface area (Å²) in [5, 5.41) is 0.699. The molecule has 5 nitrogen and oxygen atoms in total. The van der Waals surface area contributed by atoms with Gasteiger partial charge in [-0.2, -0.15) is 0 Å². The standard InChI is InChI=1S/C17H23N3O2S2/c1-10-4-6-20(7-5-10)14(21)9-23-8-13-18-16(22)15-11(2)12(3)24-17(15)19-13/h10H,4-9H2,1-3H3,(H,18,19,22). The van der Waals surface area contributed by atoms with Crippen LogP contribution >= 0.6 is 23.1 Å². The van der Waals surface area contributed by atoms with Crippen LogP contribution in [0.3, 0.4) is 0 Å². The second-order valence-corrected chi connectivity index (χ2v) is 8.72. The van der Waals surface area contributed by atoms with E-state index in [1.165, 1.54) is 11.8 Å². The topological polar surface area (TPSA) is 66.1 Å². The molecule has 0 unspecified atom stereocenters. The number of fused-ring (bicyclic) bond motifs is 1. The van der Waals surface area contributed by atoms with Gasteiger partial charge in [-0.1, -0.05) is 6.92 Å². The van der Waals surface area contributed by atoms with Gasteiger partial charge in [0.25, 0.3) is 5.56 Å². The van der Waals surface area contributed by atoms with Gasteiger partial charge in [0.2, 0.25) is 5.91 Å². The maximum Gasteiger partial charge on any atom is 0.259 e. The van der Waals surface area contributed by atoms with Crippen LogP contribution in [0.15, 0.2) is 4.79 Å². The van der Waals surface area contributed by atoms with Crippen molar-refractivity contribution in [2.24, 2.45) is 5.92 Å². The molecule has 1 saturated heterocycles. The number of thioether (sulfide) groups is 1. The van der Waals surface area contributed by atoms with Crippen LogP contribution in [0.1, 0.15) is 36.0 Å². The Labute approximate surface area is 149 Å². The van der Waals surface area contributed by atoms with Gasteiger partial charge in [-0.3, -0.25) is 9.59 Å². The molecule has 0 aliphatic carbocycles. The monoisotopic (exact) mass is 365 g/mol. The maximum atomic E-state index is 12.2. The van der Waals surface area contributed by atoms with Crippen LogP contribution in [0.5, 0.6) is 0 Å². The largest absolute Gasteiger partial charge is 0.342 e. The molecule has 130 valence electrons. The Balaban J connectivity index is 1.60. The Kier molecular flexibility index (Phi) is 5.30. The number of likely N-dealkylation sites (tertiary alicyclic amines) is 1. The summed E-state index contributed by atoms with van der Waals surface area (Å²) in [6, 6.07) is 0. The molecule has 2 aromatic heterocycles. The Bertz CT molecular complexity index is 804. The number of amides is 1. The van der Waals surface area contributed by atoms with Crippen molar-refractivity contribution in [3.8, 4) is 0 Å². The van der Waals surface area contributed by atoms with Gasteiger partial charge in [0, 0.05) is 18.0 Å². The van der Waals surface area contributed by atoms with Gasteiger partial charge in [0.1, 0.15) is 10.7 Å². The predicted octanol–water partition coefficient (Wildman–Crippen LogP) is 3.09. The lowest BCUT2D eigenvalue weighted by atomic mass is 9.99. The highest BCUT2D eigenvalue weighted by atomic mass is 32.2. The second-order valence-electron chi connectivity index (χ2n) is 6.53. The predicted molar refractivity (Wildman–Crippen MR) is 101 cm³/mol.